The maximum atomic E-state index is 13.5. The number of benzene rings is 4. The molecule has 2 aromatic heterocycles. The summed E-state index contributed by atoms with van der Waals surface area (Å²) in [7, 11) is 0. The van der Waals surface area contributed by atoms with Crippen LogP contribution in [0.2, 0.25) is 0 Å². The summed E-state index contributed by atoms with van der Waals surface area (Å²) in [6.07, 6.45) is 1.31. The molecule has 0 aliphatic heterocycles. The number of anilines is 1. The smallest absolute Gasteiger partial charge is 0.311 e. The van der Waals surface area contributed by atoms with Gasteiger partial charge < -0.3 is 14.5 Å². The normalized spacial score (nSPS) is 11.3. The average Bonchev–Trinajstić information content (AvgIpc) is 3.45. The minimum atomic E-state index is -0.616. The largest absolute Gasteiger partial charge is 0.477 e. The van der Waals surface area contributed by atoms with Crippen molar-refractivity contribution in [3.8, 4) is 17.3 Å². The lowest BCUT2D eigenvalue weighted by atomic mass is 10.2. The minimum Gasteiger partial charge on any atom is -0.477 e. The number of aromatic nitrogens is 2. The van der Waals surface area contributed by atoms with Gasteiger partial charge in [-0.25, -0.2) is 4.98 Å². The molecule has 0 spiro atoms. The number of para-hydroxylation sites is 3. The summed E-state index contributed by atoms with van der Waals surface area (Å²) in [6, 6.07) is 27.4. The van der Waals surface area contributed by atoms with Crippen molar-refractivity contribution in [3.63, 3.8) is 0 Å². The lowest BCUT2D eigenvalue weighted by molar-refractivity contribution is -0.385. The molecule has 0 aliphatic rings. The molecule has 6 aromatic rings. The average molecular weight is 574 g/mol. The highest BCUT2D eigenvalue weighted by Gasteiger charge is 2.19. The number of hydrogen-bond donors (Lipinski definition) is 1. The highest BCUT2D eigenvalue weighted by Crippen LogP contribution is 2.29. The van der Waals surface area contributed by atoms with E-state index < -0.39 is 23.0 Å². The van der Waals surface area contributed by atoms with E-state index in [1.54, 1.807) is 48.5 Å². The predicted molar refractivity (Wildman–Crippen MR) is 163 cm³/mol. The second-order valence-corrected chi connectivity index (χ2v) is 9.60. The molecule has 0 unspecified atom stereocenters. The molecule has 0 radical (unpaired) electrons. The first kappa shape index (κ1) is 27.1. The van der Waals surface area contributed by atoms with Gasteiger partial charge in [0, 0.05) is 22.7 Å². The molecule has 0 aliphatic carbocycles. The Labute approximate surface area is 243 Å². The van der Waals surface area contributed by atoms with Crippen LogP contribution in [-0.4, -0.2) is 33.3 Å². The SMILES string of the molecule is Cc1ccccc1NC(=O)COc1ccc(C=Nn2c(-c3cc4ccccc4o3)nc3ccccc3c2=O)cc1[N+](=O)[O-]. The van der Waals surface area contributed by atoms with Crippen molar-refractivity contribution in [1.82, 2.24) is 9.66 Å². The van der Waals surface area contributed by atoms with Gasteiger partial charge in [0.15, 0.2) is 18.1 Å². The Morgan fingerprint density at radius 2 is 1.81 bits per heavy atom. The first-order valence-corrected chi connectivity index (χ1v) is 13.2. The van der Waals surface area contributed by atoms with Gasteiger partial charge in [-0.2, -0.15) is 9.78 Å². The summed E-state index contributed by atoms with van der Waals surface area (Å²) < 4.78 is 12.6. The number of fused-ring (bicyclic) bond motifs is 2. The van der Waals surface area contributed by atoms with Gasteiger partial charge in [0.1, 0.15) is 5.58 Å². The van der Waals surface area contributed by atoms with Crippen LogP contribution in [0.1, 0.15) is 11.1 Å². The Morgan fingerprint density at radius 1 is 1.05 bits per heavy atom. The summed E-state index contributed by atoms with van der Waals surface area (Å²) in [6.45, 7) is 1.42. The van der Waals surface area contributed by atoms with Crippen LogP contribution in [0.3, 0.4) is 0 Å². The molecule has 11 heteroatoms. The Hall–Kier alpha value is -6.10. The molecule has 1 amide bonds. The Bertz CT molecular complexity index is 2080. The molecule has 4 aromatic carbocycles. The molecule has 0 saturated heterocycles. The summed E-state index contributed by atoms with van der Waals surface area (Å²) in [5.74, 6) is -0.0460. The quantitative estimate of drug-likeness (QED) is 0.135. The molecule has 11 nitrogen and oxygen atoms in total. The number of furan rings is 1. The van der Waals surface area contributed by atoms with Crippen LogP contribution in [0.5, 0.6) is 5.75 Å². The van der Waals surface area contributed by atoms with Crippen LogP contribution in [0.4, 0.5) is 11.4 Å². The van der Waals surface area contributed by atoms with E-state index in [1.807, 2.05) is 37.3 Å². The Kier molecular flexibility index (Phi) is 7.19. The van der Waals surface area contributed by atoms with Crippen LogP contribution in [0.15, 0.2) is 111 Å². The van der Waals surface area contributed by atoms with E-state index in [0.29, 0.717) is 33.5 Å². The number of nitrogens with one attached hydrogen (secondary N) is 1. The van der Waals surface area contributed by atoms with Gasteiger partial charge >= 0.3 is 5.69 Å². The molecule has 212 valence electrons. The van der Waals surface area contributed by atoms with Crippen LogP contribution in [-0.2, 0) is 4.79 Å². The predicted octanol–water partition coefficient (Wildman–Crippen LogP) is 5.93. The van der Waals surface area contributed by atoms with E-state index in [9.17, 15) is 19.7 Å². The van der Waals surface area contributed by atoms with E-state index in [0.717, 1.165) is 15.6 Å². The van der Waals surface area contributed by atoms with Gasteiger partial charge in [-0.3, -0.25) is 19.7 Å². The number of rotatable bonds is 8. The van der Waals surface area contributed by atoms with Crippen molar-refractivity contribution in [2.24, 2.45) is 5.10 Å². The molecule has 43 heavy (non-hydrogen) atoms. The number of nitro benzene ring substituents is 1. The molecule has 0 atom stereocenters. The third-order valence-electron chi connectivity index (χ3n) is 6.68. The third-order valence-corrected chi connectivity index (χ3v) is 6.68. The van der Waals surface area contributed by atoms with Crippen molar-refractivity contribution in [3.05, 3.63) is 129 Å². The van der Waals surface area contributed by atoms with Gasteiger partial charge in [0.05, 0.1) is 22.0 Å². The fourth-order valence-electron chi connectivity index (χ4n) is 4.53. The summed E-state index contributed by atoms with van der Waals surface area (Å²) in [5, 5.41) is 20.1. The fraction of sp³-hybridized carbons (Fsp3) is 0.0625. The zero-order chi connectivity index (χ0) is 29.9. The molecule has 2 heterocycles. The lowest BCUT2D eigenvalue weighted by Crippen LogP contribution is -2.21. The second-order valence-electron chi connectivity index (χ2n) is 9.60. The maximum Gasteiger partial charge on any atom is 0.311 e. The number of nitro groups is 1. The van der Waals surface area contributed by atoms with Crippen LogP contribution in [0.25, 0.3) is 33.5 Å². The fourth-order valence-corrected chi connectivity index (χ4v) is 4.53. The van der Waals surface area contributed by atoms with Crippen molar-refractivity contribution in [2.45, 2.75) is 6.92 Å². The number of amides is 1. The summed E-state index contributed by atoms with van der Waals surface area (Å²) >= 11 is 0. The van der Waals surface area contributed by atoms with E-state index in [1.165, 1.54) is 24.4 Å². The van der Waals surface area contributed by atoms with Crippen molar-refractivity contribution in [1.29, 1.82) is 0 Å². The maximum absolute atomic E-state index is 13.5. The number of aryl methyl sites for hydroxylation is 1. The number of carbonyl (C=O) groups excluding carboxylic acids is 1. The molecular weight excluding hydrogens is 550 g/mol. The number of nitrogens with zero attached hydrogens (tertiary/aromatic N) is 4. The summed E-state index contributed by atoms with van der Waals surface area (Å²) in [5.41, 5.74) is 2.10. The monoisotopic (exact) mass is 573 g/mol. The highest BCUT2D eigenvalue weighted by molar-refractivity contribution is 5.92. The Balaban J connectivity index is 1.31. The standard InChI is InChI=1S/C32H23N5O6/c1-20-8-2-5-11-24(20)34-30(38)19-42-28-15-14-21(16-26(28)37(40)41)18-33-36-31(29-17-22-9-3-7-13-27(22)43-29)35-25-12-6-4-10-23(25)32(36)39/h2-18H,19H2,1H3,(H,34,38). The van der Waals surface area contributed by atoms with Gasteiger partial charge in [0.25, 0.3) is 11.5 Å². The lowest BCUT2D eigenvalue weighted by Gasteiger charge is -2.10. The number of hydrogen-bond acceptors (Lipinski definition) is 8. The first-order valence-electron chi connectivity index (χ1n) is 13.2. The summed E-state index contributed by atoms with van der Waals surface area (Å²) in [4.78, 5) is 41.8. The zero-order valence-electron chi connectivity index (χ0n) is 22.8. The van der Waals surface area contributed by atoms with Crippen molar-refractivity contribution in [2.75, 3.05) is 11.9 Å². The number of carbonyl (C=O) groups is 1. The molecule has 0 saturated carbocycles. The molecule has 0 bridgehead atoms. The minimum absolute atomic E-state index is 0.0883. The van der Waals surface area contributed by atoms with Crippen LogP contribution >= 0.6 is 0 Å². The van der Waals surface area contributed by atoms with E-state index in [4.69, 9.17) is 9.15 Å². The third kappa shape index (κ3) is 5.59. The van der Waals surface area contributed by atoms with E-state index in [-0.39, 0.29) is 17.3 Å². The van der Waals surface area contributed by atoms with Gasteiger partial charge in [-0.05, 0) is 55.0 Å². The van der Waals surface area contributed by atoms with Crippen molar-refractivity contribution < 1.29 is 18.9 Å². The molecular formula is C32H23N5O6. The van der Waals surface area contributed by atoms with E-state index >= 15 is 0 Å². The second kappa shape index (κ2) is 11.4. The molecule has 6 rings (SSSR count). The number of ether oxygens (including phenoxy) is 1. The van der Waals surface area contributed by atoms with Gasteiger partial charge in [-0.1, -0.05) is 48.5 Å². The topological polar surface area (TPSA) is 142 Å². The van der Waals surface area contributed by atoms with E-state index in [2.05, 4.69) is 15.4 Å². The van der Waals surface area contributed by atoms with Crippen molar-refractivity contribution >= 4 is 45.4 Å². The molecule has 1 N–H and O–H groups in total. The molecule has 0 fully saturated rings. The van der Waals surface area contributed by atoms with Gasteiger partial charge in [0.2, 0.25) is 5.82 Å². The first-order chi connectivity index (χ1) is 20.9. The van der Waals surface area contributed by atoms with Crippen LogP contribution < -0.4 is 15.6 Å². The zero-order valence-corrected chi connectivity index (χ0v) is 22.8. The van der Waals surface area contributed by atoms with Crippen LogP contribution in [0, 0.1) is 17.0 Å². The Morgan fingerprint density at radius 3 is 2.63 bits per heavy atom. The van der Waals surface area contributed by atoms with Gasteiger partial charge in [-0.15, -0.1) is 0 Å². The highest BCUT2D eigenvalue weighted by atomic mass is 16.6.